The van der Waals surface area contributed by atoms with E-state index in [1.54, 1.807) is 6.07 Å². The van der Waals surface area contributed by atoms with E-state index in [4.69, 9.17) is 0 Å². The minimum atomic E-state index is -0.986. The maximum Gasteiger partial charge on any atom is 0.282 e. The fraction of sp³-hybridized carbons (Fsp3) is 0.154. The molecule has 1 aliphatic heterocycles. The number of aryl methyl sites for hydroxylation is 3. The molecule has 0 aliphatic carbocycles. The molecule has 4 nitrogen and oxygen atoms in total. The maximum atomic E-state index is 14.5. The van der Waals surface area contributed by atoms with Gasteiger partial charge in [0.1, 0.15) is 17.3 Å². The lowest BCUT2D eigenvalue weighted by Crippen LogP contribution is -2.33. The minimum Gasteiger partial charge on any atom is -0.350 e. The van der Waals surface area contributed by atoms with Crippen molar-refractivity contribution >= 4 is 28.8 Å². The maximum absolute atomic E-state index is 14.5. The van der Waals surface area contributed by atoms with Crippen molar-refractivity contribution < 1.29 is 18.4 Å². The van der Waals surface area contributed by atoms with Gasteiger partial charge in [0.05, 0.1) is 11.3 Å². The van der Waals surface area contributed by atoms with Gasteiger partial charge in [-0.25, -0.2) is 13.7 Å². The topological polar surface area (TPSA) is 49.4 Å². The molecule has 0 fully saturated rings. The molecule has 3 aromatic rings. The molecule has 1 heterocycles. The molecular formula is C26H22F2N2O2. The summed E-state index contributed by atoms with van der Waals surface area (Å²) in [6.45, 7) is 5.90. The minimum absolute atomic E-state index is 0.0474. The van der Waals surface area contributed by atoms with Crippen LogP contribution in [-0.2, 0) is 16.0 Å². The average Bonchev–Trinajstić information content (AvgIpc) is 3.00. The van der Waals surface area contributed by atoms with Crippen LogP contribution in [0.1, 0.15) is 29.2 Å². The largest absolute Gasteiger partial charge is 0.350 e. The highest BCUT2D eigenvalue weighted by molar-refractivity contribution is 6.46. The summed E-state index contributed by atoms with van der Waals surface area (Å²) in [4.78, 5) is 27.5. The average molecular weight is 432 g/mol. The quantitative estimate of drug-likeness (QED) is 0.539. The molecule has 0 aromatic heterocycles. The first-order valence-electron chi connectivity index (χ1n) is 10.3. The van der Waals surface area contributed by atoms with Gasteiger partial charge < -0.3 is 5.32 Å². The molecule has 6 heteroatoms. The van der Waals surface area contributed by atoms with E-state index >= 15 is 0 Å². The zero-order valence-corrected chi connectivity index (χ0v) is 18.0. The lowest BCUT2D eigenvalue weighted by Gasteiger charge is -2.16. The number of halogens is 2. The van der Waals surface area contributed by atoms with E-state index in [1.165, 1.54) is 0 Å². The molecule has 1 N–H and O–H groups in total. The van der Waals surface area contributed by atoms with E-state index in [9.17, 15) is 18.4 Å². The number of hydrogen-bond acceptors (Lipinski definition) is 3. The number of carbonyl (C=O) groups is 2. The summed E-state index contributed by atoms with van der Waals surface area (Å²) in [6.07, 6.45) is 0.867. The molecule has 0 spiro atoms. The Morgan fingerprint density at radius 3 is 2.19 bits per heavy atom. The number of benzene rings is 3. The molecule has 0 radical (unpaired) electrons. The third-order valence-electron chi connectivity index (χ3n) is 5.66. The number of nitrogens with one attached hydrogen (secondary N) is 1. The van der Waals surface area contributed by atoms with Crippen LogP contribution in [0.4, 0.5) is 20.2 Å². The van der Waals surface area contributed by atoms with Gasteiger partial charge in [-0.05, 0) is 66.8 Å². The molecular weight excluding hydrogens is 410 g/mol. The van der Waals surface area contributed by atoms with Crippen LogP contribution >= 0.6 is 0 Å². The Balaban J connectivity index is 1.83. The van der Waals surface area contributed by atoms with Crippen molar-refractivity contribution in [1.29, 1.82) is 0 Å². The monoisotopic (exact) mass is 432 g/mol. The summed E-state index contributed by atoms with van der Waals surface area (Å²) in [5, 5.41) is 3.06. The van der Waals surface area contributed by atoms with Gasteiger partial charge in [0.15, 0.2) is 0 Å². The first kappa shape index (κ1) is 21.4. The Morgan fingerprint density at radius 1 is 0.844 bits per heavy atom. The Kier molecular flexibility index (Phi) is 5.61. The van der Waals surface area contributed by atoms with Crippen LogP contribution in [0.15, 0.2) is 66.4 Å². The predicted molar refractivity (Wildman–Crippen MR) is 121 cm³/mol. The van der Waals surface area contributed by atoms with Crippen molar-refractivity contribution in [3.05, 3.63) is 100 Å². The second-order valence-corrected chi connectivity index (χ2v) is 7.77. The van der Waals surface area contributed by atoms with Crippen molar-refractivity contribution in [3.63, 3.8) is 0 Å². The van der Waals surface area contributed by atoms with Crippen LogP contribution in [0, 0.1) is 25.5 Å². The predicted octanol–water partition coefficient (Wildman–Crippen LogP) is 5.54. The van der Waals surface area contributed by atoms with Crippen LogP contribution in [-0.4, -0.2) is 11.8 Å². The van der Waals surface area contributed by atoms with Crippen molar-refractivity contribution in [2.45, 2.75) is 27.2 Å². The molecule has 0 saturated heterocycles. The number of nitrogens with zero attached hydrogens (tertiary/aromatic N) is 1. The zero-order valence-electron chi connectivity index (χ0n) is 18.0. The number of amides is 2. The summed E-state index contributed by atoms with van der Waals surface area (Å²) >= 11 is 0. The molecule has 4 rings (SSSR count). The van der Waals surface area contributed by atoms with Crippen LogP contribution in [0.3, 0.4) is 0 Å². The standard InChI is InChI=1S/C26H22F2N2O2/c1-4-17-6-10-20(11-7-17)29-24-23(18-8-5-15(2)16(3)13-18)25(31)30(26(24)32)22-12-9-19(27)14-21(22)28/h5-14,29H,4H2,1-3H3. The highest BCUT2D eigenvalue weighted by Crippen LogP contribution is 2.35. The van der Waals surface area contributed by atoms with Crippen molar-refractivity contribution in [1.82, 2.24) is 0 Å². The van der Waals surface area contributed by atoms with Crippen LogP contribution in [0.2, 0.25) is 0 Å². The lowest BCUT2D eigenvalue weighted by atomic mass is 9.99. The van der Waals surface area contributed by atoms with E-state index in [-0.39, 0.29) is 17.0 Å². The summed E-state index contributed by atoms with van der Waals surface area (Å²) in [5.74, 6) is -3.15. The fourth-order valence-electron chi connectivity index (χ4n) is 3.66. The van der Waals surface area contributed by atoms with Crippen LogP contribution in [0.5, 0.6) is 0 Å². The van der Waals surface area contributed by atoms with Gasteiger partial charge in [-0.1, -0.05) is 37.3 Å². The van der Waals surface area contributed by atoms with Crippen molar-refractivity contribution in [2.24, 2.45) is 0 Å². The first-order chi connectivity index (χ1) is 15.3. The highest BCUT2D eigenvalue weighted by atomic mass is 19.1. The Morgan fingerprint density at radius 2 is 1.56 bits per heavy atom. The second-order valence-electron chi connectivity index (χ2n) is 7.77. The number of rotatable bonds is 5. The molecule has 1 aliphatic rings. The van der Waals surface area contributed by atoms with E-state index < -0.39 is 23.4 Å². The molecule has 0 atom stereocenters. The molecule has 0 saturated carbocycles. The Bertz CT molecular complexity index is 1260. The van der Waals surface area contributed by atoms with E-state index in [2.05, 4.69) is 5.32 Å². The van der Waals surface area contributed by atoms with Gasteiger partial charge in [-0.15, -0.1) is 0 Å². The summed E-state index contributed by atoms with van der Waals surface area (Å²) in [7, 11) is 0. The third-order valence-corrected chi connectivity index (χ3v) is 5.66. The molecule has 2 amide bonds. The number of anilines is 2. The smallest absolute Gasteiger partial charge is 0.282 e. The summed E-state index contributed by atoms with van der Waals surface area (Å²) in [6, 6.07) is 15.7. The molecule has 162 valence electrons. The number of carbonyl (C=O) groups excluding carboxylic acids is 2. The third kappa shape index (κ3) is 3.80. The highest BCUT2D eigenvalue weighted by Gasteiger charge is 2.41. The van der Waals surface area contributed by atoms with Gasteiger partial charge in [0.25, 0.3) is 11.8 Å². The summed E-state index contributed by atoms with van der Waals surface area (Å²) < 4.78 is 27.9. The molecule has 0 unspecified atom stereocenters. The molecule has 3 aromatic carbocycles. The van der Waals surface area contributed by atoms with Gasteiger partial charge >= 0.3 is 0 Å². The van der Waals surface area contributed by atoms with E-state index in [0.29, 0.717) is 17.3 Å². The number of hydrogen-bond donors (Lipinski definition) is 1. The van der Waals surface area contributed by atoms with Gasteiger partial charge in [-0.2, -0.15) is 0 Å². The Labute approximate surface area is 185 Å². The second kappa shape index (κ2) is 8.38. The first-order valence-corrected chi connectivity index (χ1v) is 10.3. The molecule has 32 heavy (non-hydrogen) atoms. The van der Waals surface area contributed by atoms with Gasteiger partial charge in [0, 0.05) is 11.8 Å². The van der Waals surface area contributed by atoms with E-state index in [0.717, 1.165) is 40.1 Å². The normalized spacial score (nSPS) is 13.8. The zero-order chi connectivity index (χ0) is 23.0. The Hall–Kier alpha value is -3.80. The number of imide groups is 1. The van der Waals surface area contributed by atoms with Gasteiger partial charge in [0.2, 0.25) is 0 Å². The summed E-state index contributed by atoms with van der Waals surface area (Å²) in [5.41, 5.74) is 4.19. The fourth-order valence-corrected chi connectivity index (χ4v) is 3.66. The van der Waals surface area contributed by atoms with E-state index in [1.807, 2.05) is 57.2 Å². The van der Waals surface area contributed by atoms with Crippen molar-refractivity contribution in [2.75, 3.05) is 10.2 Å². The lowest BCUT2D eigenvalue weighted by molar-refractivity contribution is -0.120. The molecule has 0 bridgehead atoms. The SMILES string of the molecule is CCc1ccc(NC2=C(c3ccc(C)c(C)c3)C(=O)N(c3ccc(F)cc3F)C2=O)cc1. The van der Waals surface area contributed by atoms with Crippen LogP contribution < -0.4 is 10.2 Å². The van der Waals surface area contributed by atoms with Gasteiger partial charge in [-0.3, -0.25) is 9.59 Å². The van der Waals surface area contributed by atoms with Crippen molar-refractivity contribution in [3.8, 4) is 0 Å². The van der Waals surface area contributed by atoms with Crippen LogP contribution in [0.25, 0.3) is 5.57 Å².